The number of carbonyl (C=O) groups excluding carboxylic acids is 1. The highest BCUT2D eigenvalue weighted by atomic mass is 79.9. The third-order valence-corrected chi connectivity index (χ3v) is 3.48. The fourth-order valence-corrected chi connectivity index (χ4v) is 2.54. The van der Waals surface area contributed by atoms with Crippen molar-refractivity contribution in [2.45, 2.75) is 6.92 Å². The van der Waals surface area contributed by atoms with Crippen molar-refractivity contribution < 1.29 is 9.53 Å². The van der Waals surface area contributed by atoms with Crippen molar-refractivity contribution in [2.24, 2.45) is 0 Å². The average Bonchev–Trinajstić information content (AvgIpc) is 2.51. The highest BCUT2D eigenvalue weighted by molar-refractivity contribution is 9.10. The van der Waals surface area contributed by atoms with Gasteiger partial charge in [0.05, 0.1) is 7.11 Å². The number of carbonyl (C=O) groups is 1. The van der Waals surface area contributed by atoms with Crippen LogP contribution in [0.15, 0.2) is 22.0 Å². The Hall–Kier alpha value is -0.610. The van der Waals surface area contributed by atoms with Crippen molar-refractivity contribution in [2.75, 3.05) is 7.11 Å². The molecule has 0 unspecified atom stereocenters. The SMILES string of the molecule is COC(=O)/C=C(/C)c1sccc1Br. The summed E-state index contributed by atoms with van der Waals surface area (Å²) in [6, 6.07) is 1.95. The smallest absolute Gasteiger partial charge is 0.330 e. The number of halogens is 1. The molecule has 0 atom stereocenters. The van der Waals surface area contributed by atoms with Gasteiger partial charge in [0.25, 0.3) is 0 Å². The van der Waals surface area contributed by atoms with Gasteiger partial charge < -0.3 is 4.74 Å². The maximum atomic E-state index is 10.9. The van der Waals surface area contributed by atoms with Gasteiger partial charge in [-0.15, -0.1) is 11.3 Å². The summed E-state index contributed by atoms with van der Waals surface area (Å²) in [5.41, 5.74) is 0.911. The molecule has 0 N–H and O–H groups in total. The minimum absolute atomic E-state index is 0.321. The zero-order chi connectivity index (χ0) is 9.84. The molecule has 0 aliphatic heterocycles. The van der Waals surface area contributed by atoms with Crippen LogP contribution in [0.25, 0.3) is 5.57 Å². The molecule has 1 aromatic heterocycles. The molecular weight excluding hydrogens is 252 g/mol. The normalized spacial score (nSPS) is 11.5. The fourth-order valence-electron chi connectivity index (χ4n) is 0.876. The zero-order valence-corrected chi connectivity index (χ0v) is 9.74. The monoisotopic (exact) mass is 260 g/mol. The minimum atomic E-state index is -0.321. The van der Waals surface area contributed by atoms with Gasteiger partial charge in [-0.2, -0.15) is 0 Å². The Morgan fingerprint density at radius 3 is 2.85 bits per heavy atom. The van der Waals surface area contributed by atoms with E-state index in [9.17, 15) is 4.79 Å². The van der Waals surface area contributed by atoms with Crippen molar-refractivity contribution in [3.63, 3.8) is 0 Å². The first-order valence-corrected chi connectivity index (χ1v) is 5.32. The summed E-state index contributed by atoms with van der Waals surface area (Å²) in [4.78, 5) is 12.0. The first-order chi connectivity index (χ1) is 6.15. The summed E-state index contributed by atoms with van der Waals surface area (Å²) < 4.78 is 5.54. The van der Waals surface area contributed by atoms with Crippen LogP contribution in [0, 0.1) is 0 Å². The Balaban J connectivity index is 2.91. The molecule has 0 saturated carbocycles. The van der Waals surface area contributed by atoms with Crippen LogP contribution in [-0.4, -0.2) is 13.1 Å². The molecule has 0 fully saturated rings. The second kappa shape index (κ2) is 4.58. The molecule has 13 heavy (non-hydrogen) atoms. The highest BCUT2D eigenvalue weighted by Crippen LogP contribution is 2.29. The number of rotatable bonds is 2. The van der Waals surface area contributed by atoms with Gasteiger partial charge in [-0.3, -0.25) is 0 Å². The van der Waals surface area contributed by atoms with E-state index in [0.29, 0.717) is 0 Å². The summed E-state index contributed by atoms with van der Waals surface area (Å²) in [6.45, 7) is 1.88. The van der Waals surface area contributed by atoms with E-state index in [1.54, 1.807) is 11.3 Å². The lowest BCUT2D eigenvalue weighted by Gasteiger charge is -1.97. The molecule has 0 aliphatic rings. The summed E-state index contributed by atoms with van der Waals surface area (Å²) in [5.74, 6) is -0.321. The largest absolute Gasteiger partial charge is 0.466 e. The lowest BCUT2D eigenvalue weighted by atomic mass is 10.2. The number of esters is 1. The van der Waals surface area contributed by atoms with Crippen LogP contribution in [0.3, 0.4) is 0 Å². The predicted molar refractivity (Wildman–Crippen MR) is 57.7 cm³/mol. The third kappa shape index (κ3) is 2.67. The molecule has 4 heteroatoms. The van der Waals surface area contributed by atoms with Gasteiger partial charge in [0.15, 0.2) is 0 Å². The topological polar surface area (TPSA) is 26.3 Å². The molecule has 0 bridgehead atoms. The van der Waals surface area contributed by atoms with Gasteiger partial charge in [-0.05, 0) is 39.9 Å². The van der Waals surface area contributed by atoms with E-state index in [2.05, 4.69) is 20.7 Å². The van der Waals surface area contributed by atoms with E-state index in [1.165, 1.54) is 13.2 Å². The maximum Gasteiger partial charge on any atom is 0.330 e. The molecule has 0 spiro atoms. The molecular formula is C9H9BrO2S. The third-order valence-electron chi connectivity index (χ3n) is 1.51. The number of allylic oxidation sites excluding steroid dienone is 1. The van der Waals surface area contributed by atoms with Crippen LogP contribution in [0.1, 0.15) is 11.8 Å². The molecule has 0 aliphatic carbocycles. The first-order valence-electron chi connectivity index (χ1n) is 3.64. The summed E-state index contributed by atoms with van der Waals surface area (Å²) in [6.07, 6.45) is 1.48. The minimum Gasteiger partial charge on any atom is -0.466 e. The van der Waals surface area contributed by atoms with Crippen molar-refractivity contribution in [3.8, 4) is 0 Å². The molecule has 1 heterocycles. The van der Waals surface area contributed by atoms with Crippen LogP contribution < -0.4 is 0 Å². The van der Waals surface area contributed by atoms with Crippen molar-refractivity contribution in [1.82, 2.24) is 0 Å². The Bertz CT molecular complexity index is 341. The van der Waals surface area contributed by atoms with Gasteiger partial charge in [0.1, 0.15) is 0 Å². The molecule has 1 aromatic rings. The van der Waals surface area contributed by atoms with Crippen LogP contribution in [0.2, 0.25) is 0 Å². The Labute approximate surface area is 89.3 Å². The summed E-state index contributed by atoms with van der Waals surface area (Å²) >= 11 is 4.98. The van der Waals surface area contributed by atoms with Crippen LogP contribution in [0.5, 0.6) is 0 Å². The van der Waals surface area contributed by atoms with Gasteiger partial charge in [-0.1, -0.05) is 0 Å². The van der Waals surface area contributed by atoms with Gasteiger partial charge >= 0.3 is 5.97 Å². The van der Waals surface area contributed by atoms with E-state index in [-0.39, 0.29) is 5.97 Å². The van der Waals surface area contributed by atoms with Gasteiger partial charge in [0.2, 0.25) is 0 Å². The van der Waals surface area contributed by atoms with Crippen LogP contribution in [0.4, 0.5) is 0 Å². The standard InChI is InChI=1S/C9H9BrO2S/c1-6(5-8(11)12-2)9-7(10)3-4-13-9/h3-5H,1-2H3/b6-5-. The quantitative estimate of drug-likeness (QED) is 0.604. The molecule has 2 nitrogen and oxygen atoms in total. The number of hydrogen-bond donors (Lipinski definition) is 0. The zero-order valence-electron chi connectivity index (χ0n) is 7.33. The van der Waals surface area contributed by atoms with Gasteiger partial charge in [-0.25, -0.2) is 4.79 Å². The van der Waals surface area contributed by atoms with Crippen molar-refractivity contribution >= 4 is 38.8 Å². The first kappa shape index (κ1) is 10.5. The van der Waals surface area contributed by atoms with Crippen molar-refractivity contribution in [3.05, 3.63) is 26.9 Å². The summed E-state index contributed by atoms with van der Waals surface area (Å²) in [7, 11) is 1.37. The molecule has 0 radical (unpaired) electrons. The van der Waals surface area contributed by atoms with Crippen LogP contribution in [-0.2, 0) is 9.53 Å². The fraction of sp³-hybridized carbons (Fsp3) is 0.222. The van der Waals surface area contributed by atoms with Gasteiger partial charge in [0, 0.05) is 15.4 Å². The Morgan fingerprint density at radius 2 is 2.38 bits per heavy atom. The average molecular weight is 261 g/mol. The van der Waals surface area contributed by atoms with E-state index in [0.717, 1.165) is 14.9 Å². The van der Waals surface area contributed by atoms with E-state index < -0.39 is 0 Å². The second-order valence-corrected chi connectivity index (χ2v) is 4.22. The number of hydrogen-bond acceptors (Lipinski definition) is 3. The predicted octanol–water partition coefficient (Wildman–Crippen LogP) is 3.09. The number of thiophene rings is 1. The maximum absolute atomic E-state index is 10.9. The molecule has 0 aromatic carbocycles. The van der Waals surface area contributed by atoms with Crippen LogP contribution >= 0.6 is 27.3 Å². The van der Waals surface area contributed by atoms with Crippen molar-refractivity contribution in [1.29, 1.82) is 0 Å². The van der Waals surface area contributed by atoms with E-state index in [4.69, 9.17) is 0 Å². The molecule has 0 amide bonds. The Morgan fingerprint density at radius 1 is 1.69 bits per heavy atom. The lowest BCUT2D eigenvalue weighted by molar-refractivity contribution is -0.134. The highest BCUT2D eigenvalue weighted by Gasteiger charge is 2.05. The number of methoxy groups -OCH3 is 1. The van der Waals surface area contributed by atoms with E-state index in [1.807, 2.05) is 18.4 Å². The second-order valence-electron chi connectivity index (χ2n) is 2.45. The summed E-state index contributed by atoms with van der Waals surface area (Å²) in [5, 5.41) is 1.97. The molecule has 0 saturated heterocycles. The van der Waals surface area contributed by atoms with E-state index >= 15 is 0 Å². The Kier molecular flexibility index (Phi) is 3.69. The molecule has 1 rings (SSSR count). The lowest BCUT2D eigenvalue weighted by Crippen LogP contribution is -1.95. The molecule has 70 valence electrons. The number of ether oxygens (including phenoxy) is 1.